The number of hydrogen-bond acceptors (Lipinski definition) is 5. The van der Waals surface area contributed by atoms with E-state index < -0.39 is 5.97 Å². The van der Waals surface area contributed by atoms with Crippen LogP contribution in [0.15, 0.2) is 45.8 Å². The topological polar surface area (TPSA) is 85.1 Å². The fourth-order valence-electron chi connectivity index (χ4n) is 2.71. The molecule has 0 aliphatic rings. The number of methoxy groups -OCH3 is 1. The van der Waals surface area contributed by atoms with Gasteiger partial charge < -0.3 is 24.5 Å². The average molecular weight is 402 g/mol. The molecular weight excluding hydrogens is 370 g/mol. The largest absolute Gasteiger partial charge is 0.465 e. The summed E-state index contributed by atoms with van der Waals surface area (Å²) < 4.78 is 16.1. The number of nitrogens with zero attached hydrogens (tertiary/aromatic N) is 1. The zero-order chi connectivity index (χ0) is 21.1. The minimum absolute atomic E-state index is 0.319. The Hall–Kier alpha value is -2.80. The predicted octanol–water partition coefficient (Wildman–Crippen LogP) is 3.28. The van der Waals surface area contributed by atoms with Gasteiger partial charge in [0, 0.05) is 13.1 Å². The molecule has 1 atom stereocenters. The Labute approximate surface area is 172 Å². The van der Waals surface area contributed by atoms with E-state index in [9.17, 15) is 4.79 Å². The second-order valence-corrected chi connectivity index (χ2v) is 6.86. The number of nitrogens with one attached hydrogen (secondary N) is 2. The maximum atomic E-state index is 11.7. The van der Waals surface area contributed by atoms with Crippen LogP contribution in [0.4, 0.5) is 0 Å². The van der Waals surface area contributed by atoms with Crippen LogP contribution in [-0.2, 0) is 22.6 Å². The van der Waals surface area contributed by atoms with Gasteiger partial charge in [0.05, 0.1) is 20.3 Å². The molecule has 2 aromatic rings. The molecule has 0 aliphatic heterocycles. The van der Waals surface area contributed by atoms with Crippen LogP contribution in [0.1, 0.15) is 41.3 Å². The van der Waals surface area contributed by atoms with Crippen LogP contribution >= 0.6 is 0 Å². The zero-order valence-electron chi connectivity index (χ0n) is 17.7. The number of ether oxygens (including phenoxy) is 2. The number of rotatable bonds is 10. The van der Waals surface area contributed by atoms with Gasteiger partial charge in [-0.2, -0.15) is 0 Å². The van der Waals surface area contributed by atoms with Crippen LogP contribution in [0.25, 0.3) is 0 Å². The monoisotopic (exact) mass is 401 g/mol. The van der Waals surface area contributed by atoms with E-state index in [1.165, 1.54) is 12.7 Å². The first-order valence-electron chi connectivity index (χ1n) is 9.85. The Balaban J connectivity index is 1.81. The fraction of sp³-hybridized carbons (Fsp3) is 0.455. The quantitative estimate of drug-likeness (QED) is 0.361. The third-order valence-corrected chi connectivity index (χ3v) is 4.24. The van der Waals surface area contributed by atoms with Gasteiger partial charge in [-0.05, 0) is 31.4 Å². The molecule has 1 heterocycles. The van der Waals surface area contributed by atoms with E-state index in [2.05, 4.69) is 34.7 Å². The summed E-state index contributed by atoms with van der Waals surface area (Å²) in [5.41, 5.74) is 1.60. The lowest BCUT2D eigenvalue weighted by molar-refractivity contribution is 0.0599. The molecule has 0 bridgehead atoms. The first-order chi connectivity index (χ1) is 14.0. The minimum atomic E-state index is -0.407. The van der Waals surface area contributed by atoms with Crippen LogP contribution in [0.5, 0.6) is 0 Å². The van der Waals surface area contributed by atoms with Crippen molar-refractivity contribution in [3.8, 4) is 0 Å². The summed E-state index contributed by atoms with van der Waals surface area (Å²) in [6, 6.07) is 11.8. The van der Waals surface area contributed by atoms with Crippen molar-refractivity contribution in [1.29, 1.82) is 0 Å². The molecule has 7 heteroatoms. The Bertz CT molecular complexity index is 787. The van der Waals surface area contributed by atoms with E-state index in [0.29, 0.717) is 48.7 Å². The highest BCUT2D eigenvalue weighted by Crippen LogP contribution is 2.16. The molecule has 158 valence electrons. The van der Waals surface area contributed by atoms with Gasteiger partial charge >= 0.3 is 5.97 Å². The van der Waals surface area contributed by atoms with Crippen molar-refractivity contribution in [3.63, 3.8) is 0 Å². The predicted molar refractivity (Wildman–Crippen MR) is 113 cm³/mol. The van der Waals surface area contributed by atoms with E-state index >= 15 is 0 Å². The Kier molecular flexibility index (Phi) is 9.24. The van der Waals surface area contributed by atoms with Gasteiger partial charge in [0.15, 0.2) is 5.96 Å². The number of carbonyl (C=O) groups is 1. The van der Waals surface area contributed by atoms with Gasteiger partial charge in [0.2, 0.25) is 0 Å². The number of hydrogen-bond donors (Lipinski definition) is 2. The number of aliphatic imine (C=N–C) groups is 1. The number of furan rings is 1. The molecule has 1 aromatic carbocycles. The molecule has 0 saturated heterocycles. The summed E-state index contributed by atoms with van der Waals surface area (Å²) in [4.78, 5) is 16.2. The standard InChI is InChI=1S/C22H31N3O4/c1-5-23-22(25-13-19-11-20(17(3)29-19)21(26)27-4)24-12-16(2)14-28-15-18-9-7-6-8-10-18/h6-11,16H,5,12-15H2,1-4H3,(H2,23,24,25). The molecule has 2 N–H and O–H groups in total. The van der Waals surface area contributed by atoms with Crippen molar-refractivity contribution in [2.75, 3.05) is 26.8 Å². The van der Waals surface area contributed by atoms with E-state index in [4.69, 9.17) is 13.9 Å². The third-order valence-electron chi connectivity index (χ3n) is 4.24. The molecule has 0 radical (unpaired) electrons. The van der Waals surface area contributed by atoms with Crippen LogP contribution in [0.2, 0.25) is 0 Å². The molecular formula is C22H31N3O4. The molecule has 0 spiro atoms. The van der Waals surface area contributed by atoms with E-state index in [-0.39, 0.29) is 0 Å². The van der Waals surface area contributed by atoms with Crippen LogP contribution in [0, 0.1) is 12.8 Å². The Morgan fingerprint density at radius 3 is 2.69 bits per heavy atom. The maximum absolute atomic E-state index is 11.7. The highest BCUT2D eigenvalue weighted by Gasteiger charge is 2.15. The lowest BCUT2D eigenvalue weighted by Gasteiger charge is -2.16. The summed E-state index contributed by atoms with van der Waals surface area (Å²) in [5.74, 6) is 1.75. The summed E-state index contributed by atoms with van der Waals surface area (Å²) in [6.45, 7) is 8.93. The molecule has 1 aromatic heterocycles. The summed E-state index contributed by atoms with van der Waals surface area (Å²) >= 11 is 0. The second kappa shape index (κ2) is 11.9. The summed E-state index contributed by atoms with van der Waals surface area (Å²) in [5, 5.41) is 6.53. The molecule has 0 aliphatic carbocycles. The minimum Gasteiger partial charge on any atom is -0.465 e. The highest BCUT2D eigenvalue weighted by molar-refractivity contribution is 5.90. The molecule has 29 heavy (non-hydrogen) atoms. The zero-order valence-corrected chi connectivity index (χ0v) is 17.7. The van der Waals surface area contributed by atoms with E-state index in [1.54, 1.807) is 13.0 Å². The SMILES string of the molecule is CCNC(=NCc1cc(C(=O)OC)c(C)o1)NCC(C)COCc1ccccc1. The third kappa shape index (κ3) is 7.62. The van der Waals surface area contributed by atoms with E-state index in [1.807, 2.05) is 25.1 Å². The van der Waals surface area contributed by atoms with Crippen LogP contribution in [-0.4, -0.2) is 38.7 Å². The molecule has 7 nitrogen and oxygen atoms in total. The summed E-state index contributed by atoms with van der Waals surface area (Å²) in [6.07, 6.45) is 0. The maximum Gasteiger partial charge on any atom is 0.341 e. The number of guanidine groups is 1. The van der Waals surface area contributed by atoms with Crippen molar-refractivity contribution in [1.82, 2.24) is 10.6 Å². The lowest BCUT2D eigenvalue weighted by Crippen LogP contribution is -2.40. The van der Waals surface area contributed by atoms with Gasteiger partial charge in [-0.25, -0.2) is 9.79 Å². The van der Waals surface area contributed by atoms with Gasteiger partial charge in [0.25, 0.3) is 0 Å². The van der Waals surface area contributed by atoms with Gasteiger partial charge in [-0.3, -0.25) is 0 Å². The molecule has 0 saturated carbocycles. The van der Waals surface area contributed by atoms with Crippen molar-refractivity contribution >= 4 is 11.9 Å². The van der Waals surface area contributed by atoms with E-state index in [0.717, 1.165) is 13.1 Å². The van der Waals surface area contributed by atoms with Gasteiger partial charge in [-0.1, -0.05) is 37.3 Å². The Morgan fingerprint density at radius 1 is 1.24 bits per heavy atom. The normalized spacial score (nSPS) is 12.5. The second-order valence-electron chi connectivity index (χ2n) is 6.86. The van der Waals surface area contributed by atoms with Crippen LogP contribution in [0.3, 0.4) is 0 Å². The highest BCUT2D eigenvalue weighted by atomic mass is 16.5. The van der Waals surface area contributed by atoms with Crippen LogP contribution < -0.4 is 10.6 Å². The lowest BCUT2D eigenvalue weighted by atomic mass is 10.2. The van der Waals surface area contributed by atoms with Crippen molar-refractivity contribution in [2.45, 2.75) is 33.9 Å². The molecule has 1 unspecified atom stereocenters. The number of aryl methyl sites for hydroxylation is 1. The first-order valence-corrected chi connectivity index (χ1v) is 9.85. The fourth-order valence-corrected chi connectivity index (χ4v) is 2.71. The summed E-state index contributed by atoms with van der Waals surface area (Å²) in [7, 11) is 1.35. The smallest absolute Gasteiger partial charge is 0.341 e. The van der Waals surface area contributed by atoms with Crippen molar-refractivity contribution in [3.05, 3.63) is 59.0 Å². The molecule has 0 fully saturated rings. The number of esters is 1. The molecule has 0 amide bonds. The molecule has 2 rings (SSSR count). The van der Waals surface area contributed by atoms with Gasteiger partial charge in [-0.15, -0.1) is 0 Å². The van der Waals surface area contributed by atoms with Gasteiger partial charge in [0.1, 0.15) is 23.6 Å². The first kappa shape index (κ1) is 22.5. The number of benzene rings is 1. The van der Waals surface area contributed by atoms with Crippen molar-refractivity contribution in [2.24, 2.45) is 10.9 Å². The van der Waals surface area contributed by atoms with Crippen molar-refractivity contribution < 1.29 is 18.7 Å². The number of carbonyl (C=O) groups excluding carboxylic acids is 1. The Morgan fingerprint density at radius 2 is 2.00 bits per heavy atom. The average Bonchev–Trinajstić information content (AvgIpc) is 3.11.